The molecule has 1 saturated heterocycles. The van der Waals surface area contributed by atoms with Gasteiger partial charge >= 0.3 is 0 Å². The Morgan fingerprint density at radius 1 is 1.06 bits per heavy atom. The van der Waals surface area contributed by atoms with Crippen molar-refractivity contribution in [2.45, 2.75) is 13.3 Å². The molecule has 1 fully saturated rings. The molecule has 1 aliphatic heterocycles. The van der Waals surface area contributed by atoms with Crippen molar-refractivity contribution in [1.82, 2.24) is 25.1 Å². The predicted octanol–water partition coefficient (Wildman–Crippen LogP) is 4.47. The normalized spacial score (nSPS) is 14.6. The van der Waals surface area contributed by atoms with Crippen LogP contribution < -0.4 is 10.2 Å². The zero-order valence-electron chi connectivity index (χ0n) is 18.8. The lowest BCUT2D eigenvalue weighted by Gasteiger charge is -2.34. The number of nitrogens with zero attached hydrogens (tertiary/aromatic N) is 6. The quantitative estimate of drug-likeness (QED) is 0.472. The smallest absolute Gasteiger partial charge is 0.135 e. The fraction of sp³-hybridized carbons (Fsp3) is 0.280. The van der Waals surface area contributed by atoms with Crippen molar-refractivity contribution in [1.29, 1.82) is 0 Å². The van der Waals surface area contributed by atoms with E-state index < -0.39 is 0 Å². The molecule has 0 spiro atoms. The van der Waals surface area contributed by atoms with Crippen molar-refractivity contribution in [3.8, 4) is 0 Å². The third kappa shape index (κ3) is 4.74. The van der Waals surface area contributed by atoms with Gasteiger partial charge < -0.3 is 15.1 Å². The van der Waals surface area contributed by atoms with Crippen LogP contribution in [0.2, 0.25) is 5.02 Å². The van der Waals surface area contributed by atoms with Crippen LogP contribution in [0.25, 0.3) is 10.9 Å². The maximum atomic E-state index is 6.65. The largest absolute Gasteiger partial charge is 0.368 e. The molecule has 4 aromatic rings. The summed E-state index contributed by atoms with van der Waals surface area (Å²) in [5, 5.41) is 13.6. The number of hydrogen-bond donors (Lipinski definition) is 1. The number of likely N-dealkylation sites (N-methyl/N-ethyl adjacent to an activating group) is 1. The van der Waals surface area contributed by atoms with E-state index in [4.69, 9.17) is 16.6 Å². The lowest BCUT2D eigenvalue weighted by Crippen LogP contribution is -2.44. The first-order valence-corrected chi connectivity index (χ1v) is 11.5. The Hall–Kier alpha value is -3.29. The lowest BCUT2D eigenvalue weighted by atomic mass is 10.1. The highest BCUT2D eigenvalue weighted by Crippen LogP contribution is 2.29. The van der Waals surface area contributed by atoms with Gasteiger partial charge in [-0.2, -0.15) is 10.2 Å². The molecule has 0 saturated carbocycles. The van der Waals surface area contributed by atoms with Crippen LogP contribution in [-0.2, 0) is 6.42 Å². The third-order valence-corrected chi connectivity index (χ3v) is 6.36. The number of nitrogens with one attached hydrogen (secondary N) is 1. The van der Waals surface area contributed by atoms with Crippen LogP contribution in [0.4, 0.5) is 17.2 Å². The standard InChI is InChI=1S/C25H26ClN7/c1-17-4-3-5-19-21(16-28-31-25(17)19)29-23-8-9-27-24(30-23)15-18-6-7-22(20(26)14-18)33-12-10-32(2)11-13-33/h3-9,14,16H,10-13,15H2,1-2H3,(H,27,29,30,31). The summed E-state index contributed by atoms with van der Waals surface area (Å²) in [7, 11) is 2.15. The summed E-state index contributed by atoms with van der Waals surface area (Å²) in [4.78, 5) is 13.9. The SMILES string of the molecule is Cc1cccc2c(Nc3ccnc(Cc4ccc(N5CCN(C)CC5)c(Cl)c4)n3)cnnc12. The Balaban J connectivity index is 1.33. The number of anilines is 3. The summed E-state index contributed by atoms with van der Waals surface area (Å²) in [6.45, 7) is 6.11. The van der Waals surface area contributed by atoms with Gasteiger partial charge in [0.25, 0.3) is 0 Å². The number of rotatable bonds is 5. The highest BCUT2D eigenvalue weighted by Gasteiger charge is 2.17. The molecule has 0 amide bonds. The summed E-state index contributed by atoms with van der Waals surface area (Å²) < 4.78 is 0. The summed E-state index contributed by atoms with van der Waals surface area (Å²) in [6.07, 6.45) is 4.10. The molecule has 0 unspecified atom stereocenters. The Morgan fingerprint density at radius 3 is 2.73 bits per heavy atom. The average molecular weight is 460 g/mol. The van der Waals surface area contributed by atoms with Gasteiger partial charge in [-0.05, 0) is 43.3 Å². The third-order valence-electron chi connectivity index (χ3n) is 6.06. The van der Waals surface area contributed by atoms with Crippen molar-refractivity contribution >= 4 is 39.7 Å². The molecule has 0 atom stereocenters. The molecule has 5 rings (SSSR count). The van der Waals surface area contributed by atoms with Crippen molar-refractivity contribution in [2.75, 3.05) is 43.4 Å². The number of piperazine rings is 1. The summed E-state index contributed by atoms with van der Waals surface area (Å²) in [5.74, 6) is 1.45. The number of benzene rings is 2. The molecular weight excluding hydrogens is 434 g/mol. The van der Waals surface area contributed by atoms with Gasteiger partial charge in [0.05, 0.1) is 28.1 Å². The van der Waals surface area contributed by atoms with Crippen molar-refractivity contribution in [3.05, 3.63) is 76.8 Å². The van der Waals surface area contributed by atoms with Gasteiger partial charge in [-0.3, -0.25) is 0 Å². The van der Waals surface area contributed by atoms with E-state index in [0.717, 1.165) is 76.2 Å². The zero-order chi connectivity index (χ0) is 22.8. The van der Waals surface area contributed by atoms with E-state index in [2.05, 4.69) is 49.5 Å². The Bertz CT molecular complexity index is 1280. The molecule has 168 valence electrons. The molecule has 8 heteroatoms. The first-order chi connectivity index (χ1) is 16.1. The fourth-order valence-corrected chi connectivity index (χ4v) is 4.48. The van der Waals surface area contributed by atoms with Gasteiger partial charge in [0.1, 0.15) is 11.6 Å². The highest BCUT2D eigenvalue weighted by atomic mass is 35.5. The minimum absolute atomic E-state index is 0.604. The molecule has 2 aromatic heterocycles. The topological polar surface area (TPSA) is 70.1 Å². The highest BCUT2D eigenvalue weighted by molar-refractivity contribution is 6.33. The van der Waals surface area contributed by atoms with Gasteiger partial charge in [0.2, 0.25) is 0 Å². The molecular formula is C25H26ClN7. The Labute approximate surface area is 198 Å². The maximum Gasteiger partial charge on any atom is 0.135 e. The van der Waals surface area contributed by atoms with Crippen LogP contribution in [0, 0.1) is 6.92 Å². The molecule has 3 heterocycles. The van der Waals surface area contributed by atoms with Crippen LogP contribution in [-0.4, -0.2) is 58.3 Å². The Morgan fingerprint density at radius 2 is 1.91 bits per heavy atom. The van der Waals surface area contributed by atoms with Gasteiger partial charge in [0, 0.05) is 44.2 Å². The van der Waals surface area contributed by atoms with Crippen molar-refractivity contribution in [2.24, 2.45) is 0 Å². The fourth-order valence-electron chi connectivity index (χ4n) is 4.16. The number of fused-ring (bicyclic) bond motifs is 1. The maximum absolute atomic E-state index is 6.65. The molecule has 33 heavy (non-hydrogen) atoms. The van der Waals surface area contributed by atoms with Crippen LogP contribution in [0.3, 0.4) is 0 Å². The summed E-state index contributed by atoms with van der Waals surface area (Å²) >= 11 is 6.65. The number of hydrogen-bond acceptors (Lipinski definition) is 7. The van der Waals surface area contributed by atoms with E-state index in [9.17, 15) is 0 Å². The first-order valence-electron chi connectivity index (χ1n) is 11.1. The zero-order valence-corrected chi connectivity index (χ0v) is 19.5. The first kappa shape index (κ1) is 21.6. The second kappa shape index (κ2) is 9.29. The average Bonchev–Trinajstić information content (AvgIpc) is 2.81. The molecule has 2 aromatic carbocycles. The van der Waals surface area contributed by atoms with Gasteiger partial charge in [0.15, 0.2) is 0 Å². The number of aryl methyl sites for hydroxylation is 1. The van der Waals surface area contributed by atoms with Crippen LogP contribution in [0.1, 0.15) is 17.0 Å². The molecule has 0 radical (unpaired) electrons. The number of aromatic nitrogens is 4. The van der Waals surface area contributed by atoms with E-state index >= 15 is 0 Å². The van der Waals surface area contributed by atoms with Crippen LogP contribution in [0.5, 0.6) is 0 Å². The van der Waals surface area contributed by atoms with E-state index in [-0.39, 0.29) is 0 Å². The summed E-state index contributed by atoms with van der Waals surface area (Å²) in [6, 6.07) is 14.2. The molecule has 1 aliphatic rings. The number of halogens is 1. The minimum Gasteiger partial charge on any atom is -0.368 e. The predicted molar refractivity (Wildman–Crippen MR) is 134 cm³/mol. The molecule has 1 N–H and O–H groups in total. The minimum atomic E-state index is 0.604. The van der Waals surface area contributed by atoms with Crippen molar-refractivity contribution < 1.29 is 0 Å². The van der Waals surface area contributed by atoms with Gasteiger partial charge in [-0.15, -0.1) is 0 Å². The van der Waals surface area contributed by atoms with E-state index in [1.165, 1.54) is 0 Å². The second-order valence-corrected chi connectivity index (χ2v) is 8.87. The van der Waals surface area contributed by atoms with Crippen LogP contribution >= 0.6 is 11.6 Å². The second-order valence-electron chi connectivity index (χ2n) is 8.47. The van der Waals surface area contributed by atoms with Gasteiger partial charge in [-0.25, -0.2) is 9.97 Å². The summed E-state index contributed by atoms with van der Waals surface area (Å²) in [5.41, 5.74) is 5.02. The van der Waals surface area contributed by atoms with E-state index in [0.29, 0.717) is 6.42 Å². The molecule has 7 nitrogen and oxygen atoms in total. The van der Waals surface area contributed by atoms with E-state index in [1.807, 2.05) is 37.3 Å². The van der Waals surface area contributed by atoms with E-state index in [1.54, 1.807) is 12.4 Å². The molecule has 0 aliphatic carbocycles. The van der Waals surface area contributed by atoms with Gasteiger partial charge in [-0.1, -0.05) is 35.9 Å². The monoisotopic (exact) mass is 459 g/mol. The van der Waals surface area contributed by atoms with Crippen LogP contribution in [0.15, 0.2) is 54.9 Å². The lowest BCUT2D eigenvalue weighted by molar-refractivity contribution is 0.313. The Kier molecular flexibility index (Phi) is 6.07. The van der Waals surface area contributed by atoms with Crippen molar-refractivity contribution in [3.63, 3.8) is 0 Å². The molecule has 0 bridgehead atoms.